The van der Waals surface area contributed by atoms with Gasteiger partial charge in [-0.15, -0.1) is 11.8 Å². The first-order valence-corrected chi connectivity index (χ1v) is 6.49. The topological polar surface area (TPSA) is 0 Å². The lowest BCUT2D eigenvalue weighted by Gasteiger charge is -2.16. The highest BCUT2D eigenvalue weighted by atomic mass is 32.2. The molecule has 0 unspecified atom stereocenters. The number of aryl methyl sites for hydroxylation is 3. The molecule has 0 nitrogen and oxygen atoms in total. The van der Waals surface area contributed by atoms with E-state index < -0.39 is 0 Å². The van der Waals surface area contributed by atoms with E-state index in [0.29, 0.717) is 0 Å². The van der Waals surface area contributed by atoms with Gasteiger partial charge in [0, 0.05) is 4.90 Å². The van der Waals surface area contributed by atoms with Crippen LogP contribution in [-0.2, 0) is 6.42 Å². The lowest BCUT2D eigenvalue weighted by molar-refractivity contribution is 0.885. The first-order valence-electron chi connectivity index (χ1n) is 5.50. The second kappa shape index (κ2) is 5.45. The summed E-state index contributed by atoms with van der Waals surface area (Å²) in [7, 11) is 0. The fraction of sp³-hybridized carbons (Fsp3) is 0.538. The van der Waals surface area contributed by atoms with E-state index >= 15 is 0 Å². The van der Waals surface area contributed by atoms with Gasteiger partial charge in [0.25, 0.3) is 0 Å². The van der Waals surface area contributed by atoms with Crippen molar-refractivity contribution in [2.45, 2.75) is 45.4 Å². The third kappa shape index (κ3) is 2.54. The molecule has 1 aromatic carbocycles. The van der Waals surface area contributed by atoms with E-state index in [0.717, 1.165) is 0 Å². The van der Waals surface area contributed by atoms with Gasteiger partial charge >= 0.3 is 0 Å². The molecule has 0 bridgehead atoms. The molecular weight excluding hydrogens is 188 g/mol. The van der Waals surface area contributed by atoms with Crippen LogP contribution in [0, 0.1) is 13.8 Å². The van der Waals surface area contributed by atoms with Crippen molar-refractivity contribution >= 4 is 11.8 Å². The fourth-order valence-corrected chi connectivity index (χ4v) is 2.74. The van der Waals surface area contributed by atoms with Crippen molar-refractivity contribution in [1.29, 1.82) is 0 Å². The highest BCUT2D eigenvalue weighted by molar-refractivity contribution is 7.99. The second-order valence-corrected chi connectivity index (χ2v) is 4.63. The number of thioether (sulfide) groups is 1. The Bertz CT molecular complexity index is 271. The Morgan fingerprint density at radius 3 is 2.43 bits per heavy atom. The first-order chi connectivity index (χ1) is 6.77. The molecule has 0 aliphatic carbocycles. The summed E-state index contributed by atoms with van der Waals surface area (Å²) in [5.74, 6) is 1.30. The van der Waals surface area contributed by atoms with E-state index in [1.54, 1.807) is 5.56 Å². The summed E-state index contributed by atoms with van der Waals surface area (Å²) < 4.78 is 0. The van der Waals surface area contributed by atoms with Gasteiger partial charge in [0.15, 0.2) is 0 Å². The Hall–Kier alpha value is -0.430. The van der Waals surface area contributed by atoms with Gasteiger partial charge < -0.3 is 0 Å². The summed E-state index contributed by atoms with van der Waals surface area (Å²) in [4.78, 5) is 1.52. The summed E-state index contributed by atoms with van der Waals surface area (Å²) in [6.07, 6.45) is 2.63. The van der Waals surface area contributed by atoms with E-state index in [1.165, 1.54) is 34.6 Å². The summed E-state index contributed by atoms with van der Waals surface area (Å²) >= 11 is 2.01. The maximum absolute atomic E-state index is 2.36. The van der Waals surface area contributed by atoms with Crippen molar-refractivity contribution in [3.05, 3.63) is 28.8 Å². The number of fused-ring (bicyclic) bond motifs is 1. The van der Waals surface area contributed by atoms with E-state index in [2.05, 4.69) is 26.0 Å². The molecular formula is C13H20S. The van der Waals surface area contributed by atoms with Gasteiger partial charge in [-0.05, 0) is 55.2 Å². The largest absolute Gasteiger partial charge is 0.126 e. The summed E-state index contributed by atoms with van der Waals surface area (Å²) in [6.45, 7) is 8.40. The molecule has 14 heavy (non-hydrogen) atoms. The minimum Gasteiger partial charge on any atom is -0.126 e. The quantitative estimate of drug-likeness (QED) is 0.610. The normalized spacial score (nSPS) is 14.0. The Kier molecular flexibility index (Phi) is 4.53. The van der Waals surface area contributed by atoms with Gasteiger partial charge in [-0.2, -0.15) is 0 Å². The Morgan fingerprint density at radius 1 is 1.07 bits per heavy atom. The highest BCUT2D eigenvalue weighted by Gasteiger charge is 2.10. The van der Waals surface area contributed by atoms with Crippen LogP contribution in [0.15, 0.2) is 17.0 Å². The van der Waals surface area contributed by atoms with Crippen molar-refractivity contribution in [2.75, 3.05) is 5.75 Å². The van der Waals surface area contributed by atoms with Crippen LogP contribution in [0.4, 0.5) is 0 Å². The fourth-order valence-electron chi connectivity index (χ4n) is 1.62. The van der Waals surface area contributed by atoms with Gasteiger partial charge in [-0.1, -0.05) is 19.9 Å². The lowest BCUT2D eigenvalue weighted by Crippen LogP contribution is -1.99. The standard InChI is InChI=1S/C11H14S.C2H6/c1-8-6-10-4-3-5-12-11(10)7-9(8)2;1-2/h6-7H,3-5H2,1-2H3;1-2H3. The Labute approximate surface area is 92.1 Å². The average Bonchev–Trinajstić information content (AvgIpc) is 2.23. The zero-order chi connectivity index (χ0) is 10.6. The van der Waals surface area contributed by atoms with Crippen molar-refractivity contribution in [2.24, 2.45) is 0 Å². The molecule has 0 N–H and O–H groups in total. The van der Waals surface area contributed by atoms with Crippen LogP contribution in [0.2, 0.25) is 0 Å². The van der Waals surface area contributed by atoms with E-state index in [-0.39, 0.29) is 0 Å². The molecule has 78 valence electrons. The molecule has 0 saturated heterocycles. The Balaban J connectivity index is 0.000000461. The molecule has 1 aliphatic rings. The maximum atomic E-state index is 2.36. The number of hydrogen-bond donors (Lipinski definition) is 0. The van der Waals surface area contributed by atoms with Crippen molar-refractivity contribution in [3.8, 4) is 0 Å². The molecule has 0 amide bonds. The molecule has 0 atom stereocenters. The van der Waals surface area contributed by atoms with Crippen molar-refractivity contribution in [3.63, 3.8) is 0 Å². The third-order valence-electron chi connectivity index (χ3n) is 2.52. The van der Waals surface area contributed by atoms with E-state index in [9.17, 15) is 0 Å². The second-order valence-electron chi connectivity index (χ2n) is 3.50. The van der Waals surface area contributed by atoms with Gasteiger partial charge in [0.05, 0.1) is 0 Å². The van der Waals surface area contributed by atoms with Gasteiger partial charge in [-0.25, -0.2) is 0 Å². The lowest BCUT2D eigenvalue weighted by atomic mass is 10.0. The molecule has 1 heteroatoms. The molecule has 0 saturated carbocycles. The molecule has 1 heterocycles. The van der Waals surface area contributed by atoms with Crippen LogP contribution in [0.5, 0.6) is 0 Å². The molecule has 0 fully saturated rings. The van der Waals surface area contributed by atoms with Crippen LogP contribution < -0.4 is 0 Å². The van der Waals surface area contributed by atoms with E-state index in [1.807, 2.05) is 25.6 Å². The third-order valence-corrected chi connectivity index (χ3v) is 3.71. The Morgan fingerprint density at radius 2 is 1.71 bits per heavy atom. The summed E-state index contributed by atoms with van der Waals surface area (Å²) in [5.41, 5.74) is 4.44. The van der Waals surface area contributed by atoms with Gasteiger partial charge in [-0.3, -0.25) is 0 Å². The van der Waals surface area contributed by atoms with Crippen LogP contribution in [0.3, 0.4) is 0 Å². The number of rotatable bonds is 0. The van der Waals surface area contributed by atoms with Gasteiger partial charge in [0.1, 0.15) is 0 Å². The van der Waals surface area contributed by atoms with Crippen molar-refractivity contribution in [1.82, 2.24) is 0 Å². The maximum Gasteiger partial charge on any atom is 0.0107 e. The van der Waals surface area contributed by atoms with Crippen LogP contribution >= 0.6 is 11.8 Å². The number of hydrogen-bond acceptors (Lipinski definition) is 1. The minimum atomic E-state index is 1.28. The number of benzene rings is 1. The zero-order valence-corrected chi connectivity index (χ0v) is 10.5. The minimum absolute atomic E-state index is 1.28. The van der Waals surface area contributed by atoms with Gasteiger partial charge in [0.2, 0.25) is 0 Å². The smallest absolute Gasteiger partial charge is 0.0107 e. The average molecular weight is 208 g/mol. The highest BCUT2D eigenvalue weighted by Crippen LogP contribution is 2.31. The summed E-state index contributed by atoms with van der Waals surface area (Å²) in [5, 5.41) is 0. The predicted molar refractivity (Wildman–Crippen MR) is 66.3 cm³/mol. The van der Waals surface area contributed by atoms with E-state index in [4.69, 9.17) is 0 Å². The van der Waals surface area contributed by atoms with Crippen LogP contribution in [-0.4, -0.2) is 5.75 Å². The SMILES string of the molecule is CC.Cc1cc2c(cc1C)SCCC2. The predicted octanol–water partition coefficient (Wildman–Crippen LogP) is 4.37. The first kappa shape index (κ1) is 11.6. The molecule has 2 rings (SSSR count). The summed E-state index contributed by atoms with van der Waals surface area (Å²) in [6, 6.07) is 4.70. The molecule has 0 aromatic heterocycles. The molecule has 0 radical (unpaired) electrons. The zero-order valence-electron chi connectivity index (χ0n) is 9.68. The van der Waals surface area contributed by atoms with Crippen LogP contribution in [0.25, 0.3) is 0 Å². The molecule has 1 aliphatic heterocycles. The molecule has 0 spiro atoms. The monoisotopic (exact) mass is 208 g/mol. The molecule has 1 aromatic rings. The van der Waals surface area contributed by atoms with Crippen molar-refractivity contribution < 1.29 is 0 Å². The van der Waals surface area contributed by atoms with Crippen LogP contribution in [0.1, 0.15) is 37.0 Å².